The summed E-state index contributed by atoms with van der Waals surface area (Å²) in [5.41, 5.74) is 6.69. The van der Waals surface area contributed by atoms with Crippen molar-refractivity contribution in [2.24, 2.45) is 5.73 Å². The van der Waals surface area contributed by atoms with E-state index in [4.69, 9.17) is 17.3 Å². The standard InChI is InChI=1S/C12H17ClN2O2S.ClH/c1-9-4-5-11(7-12(9)13)18(16,17)15-6-2-3-10(14)8-15;/h4-5,7,10H,2-3,6,8,14H2,1H3;1H. The lowest BCUT2D eigenvalue weighted by Gasteiger charge is -2.29. The number of hydrogen-bond acceptors (Lipinski definition) is 3. The average molecular weight is 325 g/mol. The Balaban J connectivity index is 0.00000180. The van der Waals surface area contributed by atoms with Gasteiger partial charge in [0.25, 0.3) is 0 Å². The molecule has 2 N–H and O–H groups in total. The number of hydrogen-bond donors (Lipinski definition) is 1. The molecule has 1 heterocycles. The van der Waals surface area contributed by atoms with Crippen LogP contribution in [0.25, 0.3) is 0 Å². The number of rotatable bonds is 2. The van der Waals surface area contributed by atoms with E-state index in [1.54, 1.807) is 12.1 Å². The predicted octanol–water partition coefficient (Wildman–Crippen LogP) is 2.18. The first-order valence-corrected chi connectivity index (χ1v) is 7.75. The van der Waals surface area contributed by atoms with Crippen molar-refractivity contribution in [3.05, 3.63) is 28.8 Å². The Bertz CT molecular complexity index is 549. The molecule has 1 aliphatic heterocycles. The highest BCUT2D eigenvalue weighted by atomic mass is 35.5. The van der Waals surface area contributed by atoms with Crippen molar-refractivity contribution in [1.29, 1.82) is 0 Å². The molecule has 0 amide bonds. The van der Waals surface area contributed by atoms with Crippen LogP contribution < -0.4 is 5.73 Å². The fourth-order valence-electron chi connectivity index (χ4n) is 2.08. The van der Waals surface area contributed by atoms with Gasteiger partial charge in [0.2, 0.25) is 10.0 Å². The molecule has 108 valence electrons. The quantitative estimate of drug-likeness (QED) is 0.906. The molecular weight excluding hydrogens is 307 g/mol. The smallest absolute Gasteiger partial charge is 0.243 e. The Kier molecular flexibility index (Phi) is 5.65. The van der Waals surface area contributed by atoms with Crippen LogP contribution in [0.1, 0.15) is 18.4 Å². The van der Waals surface area contributed by atoms with Crippen LogP contribution in [-0.4, -0.2) is 31.9 Å². The van der Waals surface area contributed by atoms with E-state index in [1.165, 1.54) is 10.4 Å². The first-order chi connectivity index (χ1) is 8.41. The maximum absolute atomic E-state index is 12.4. The lowest BCUT2D eigenvalue weighted by atomic mass is 10.1. The molecular formula is C12H18Cl2N2O2S. The Morgan fingerprint density at radius 1 is 1.42 bits per heavy atom. The second-order valence-electron chi connectivity index (χ2n) is 4.68. The Morgan fingerprint density at radius 3 is 2.68 bits per heavy atom. The van der Waals surface area contributed by atoms with Crippen LogP contribution in [0.5, 0.6) is 0 Å². The third kappa shape index (κ3) is 3.61. The molecule has 2 rings (SSSR count). The molecule has 0 spiro atoms. The van der Waals surface area contributed by atoms with E-state index in [9.17, 15) is 8.42 Å². The molecule has 1 aliphatic rings. The van der Waals surface area contributed by atoms with E-state index >= 15 is 0 Å². The van der Waals surface area contributed by atoms with Crippen molar-refractivity contribution >= 4 is 34.0 Å². The molecule has 1 fully saturated rings. The minimum Gasteiger partial charge on any atom is -0.327 e. The molecule has 19 heavy (non-hydrogen) atoms. The number of piperidine rings is 1. The number of nitrogens with two attached hydrogens (primary N) is 1. The number of halogens is 2. The van der Waals surface area contributed by atoms with Crippen molar-refractivity contribution in [2.45, 2.75) is 30.7 Å². The van der Waals surface area contributed by atoms with Gasteiger partial charge in [0.05, 0.1) is 4.90 Å². The van der Waals surface area contributed by atoms with Crippen molar-refractivity contribution < 1.29 is 8.42 Å². The van der Waals surface area contributed by atoms with Crippen LogP contribution in [0.3, 0.4) is 0 Å². The van der Waals surface area contributed by atoms with E-state index < -0.39 is 10.0 Å². The van der Waals surface area contributed by atoms with Gasteiger partial charge in [-0.1, -0.05) is 17.7 Å². The monoisotopic (exact) mass is 324 g/mol. The summed E-state index contributed by atoms with van der Waals surface area (Å²) in [4.78, 5) is 0.243. The van der Waals surface area contributed by atoms with Gasteiger partial charge in [-0.15, -0.1) is 12.4 Å². The van der Waals surface area contributed by atoms with Crippen LogP contribution >= 0.6 is 24.0 Å². The number of sulfonamides is 1. The van der Waals surface area contributed by atoms with Gasteiger partial charge in [0.15, 0.2) is 0 Å². The summed E-state index contributed by atoms with van der Waals surface area (Å²) in [5, 5.41) is 0.470. The highest BCUT2D eigenvalue weighted by molar-refractivity contribution is 7.89. The number of benzene rings is 1. The fraction of sp³-hybridized carbons (Fsp3) is 0.500. The van der Waals surface area contributed by atoms with E-state index in [0.29, 0.717) is 18.1 Å². The van der Waals surface area contributed by atoms with E-state index in [2.05, 4.69) is 0 Å². The van der Waals surface area contributed by atoms with Crippen LogP contribution in [0.15, 0.2) is 23.1 Å². The minimum absolute atomic E-state index is 0. The summed E-state index contributed by atoms with van der Waals surface area (Å²) < 4.78 is 26.3. The van der Waals surface area contributed by atoms with Gasteiger partial charge >= 0.3 is 0 Å². The minimum atomic E-state index is -3.47. The summed E-state index contributed by atoms with van der Waals surface area (Å²) >= 11 is 5.98. The summed E-state index contributed by atoms with van der Waals surface area (Å²) in [5.74, 6) is 0. The first-order valence-electron chi connectivity index (χ1n) is 5.93. The number of aryl methyl sites for hydroxylation is 1. The third-order valence-electron chi connectivity index (χ3n) is 3.20. The maximum atomic E-state index is 12.4. The van der Waals surface area contributed by atoms with E-state index in [1.807, 2.05) is 6.92 Å². The Hall–Kier alpha value is -0.330. The molecule has 1 saturated heterocycles. The van der Waals surface area contributed by atoms with Crippen molar-refractivity contribution in [3.63, 3.8) is 0 Å². The molecule has 1 unspecified atom stereocenters. The Labute approximate surface area is 125 Å². The lowest BCUT2D eigenvalue weighted by molar-refractivity contribution is 0.316. The van der Waals surface area contributed by atoms with Crippen molar-refractivity contribution in [1.82, 2.24) is 4.31 Å². The zero-order valence-electron chi connectivity index (χ0n) is 10.7. The molecule has 1 aromatic carbocycles. The molecule has 4 nitrogen and oxygen atoms in total. The van der Waals surface area contributed by atoms with Crippen molar-refractivity contribution in [2.75, 3.05) is 13.1 Å². The number of nitrogens with zero attached hydrogens (tertiary/aromatic N) is 1. The molecule has 7 heteroatoms. The largest absolute Gasteiger partial charge is 0.327 e. The summed E-state index contributed by atoms with van der Waals surface area (Å²) in [6.45, 7) is 2.75. The summed E-state index contributed by atoms with van der Waals surface area (Å²) in [6.07, 6.45) is 1.68. The summed E-state index contributed by atoms with van der Waals surface area (Å²) in [6, 6.07) is 4.75. The van der Waals surface area contributed by atoms with E-state index in [-0.39, 0.29) is 23.3 Å². The van der Waals surface area contributed by atoms with Gasteiger partial charge in [-0.2, -0.15) is 4.31 Å². The zero-order valence-corrected chi connectivity index (χ0v) is 13.1. The zero-order chi connectivity index (χ0) is 13.3. The van der Waals surface area contributed by atoms with Crippen LogP contribution in [-0.2, 0) is 10.0 Å². The second-order valence-corrected chi connectivity index (χ2v) is 7.02. The topological polar surface area (TPSA) is 63.4 Å². The van der Waals surface area contributed by atoms with Crippen LogP contribution in [0.4, 0.5) is 0 Å². The normalized spacial score (nSPS) is 20.9. The second kappa shape index (κ2) is 6.41. The molecule has 1 aromatic rings. The van der Waals surface area contributed by atoms with Crippen molar-refractivity contribution in [3.8, 4) is 0 Å². The molecule has 0 aliphatic carbocycles. The molecule has 1 atom stereocenters. The van der Waals surface area contributed by atoms with Crippen LogP contribution in [0.2, 0.25) is 5.02 Å². The van der Waals surface area contributed by atoms with Gasteiger partial charge in [-0.05, 0) is 37.5 Å². The average Bonchev–Trinajstić information content (AvgIpc) is 2.32. The molecule has 0 radical (unpaired) electrons. The molecule has 0 bridgehead atoms. The Morgan fingerprint density at radius 2 is 2.11 bits per heavy atom. The fourth-order valence-corrected chi connectivity index (χ4v) is 3.88. The molecule has 0 aromatic heterocycles. The van der Waals surface area contributed by atoms with Gasteiger partial charge in [-0.25, -0.2) is 8.42 Å². The van der Waals surface area contributed by atoms with Gasteiger partial charge in [0, 0.05) is 24.2 Å². The highest BCUT2D eigenvalue weighted by Crippen LogP contribution is 2.24. The third-order valence-corrected chi connectivity index (χ3v) is 5.47. The van der Waals surface area contributed by atoms with Gasteiger partial charge in [0.1, 0.15) is 0 Å². The SMILES string of the molecule is Cc1ccc(S(=O)(=O)N2CCCC(N)C2)cc1Cl.Cl. The van der Waals surface area contributed by atoms with E-state index in [0.717, 1.165) is 18.4 Å². The maximum Gasteiger partial charge on any atom is 0.243 e. The van der Waals surface area contributed by atoms with Crippen LogP contribution in [0, 0.1) is 6.92 Å². The highest BCUT2D eigenvalue weighted by Gasteiger charge is 2.29. The van der Waals surface area contributed by atoms with Gasteiger partial charge in [-0.3, -0.25) is 0 Å². The van der Waals surface area contributed by atoms with Gasteiger partial charge < -0.3 is 5.73 Å². The lowest BCUT2D eigenvalue weighted by Crippen LogP contribution is -2.45. The first kappa shape index (κ1) is 16.7. The predicted molar refractivity (Wildman–Crippen MR) is 79.4 cm³/mol. The summed E-state index contributed by atoms with van der Waals surface area (Å²) in [7, 11) is -3.47. The molecule has 0 saturated carbocycles.